The quantitative estimate of drug-likeness (QED) is 0.0234. The lowest BCUT2D eigenvalue weighted by atomic mass is 10.1. The topological polar surface area (TPSA) is 310 Å². The fourth-order valence-corrected chi connectivity index (χ4v) is 13.5. The number of carbonyl (C=O) groups is 4. The van der Waals surface area contributed by atoms with Gasteiger partial charge in [0.1, 0.15) is 29.0 Å². The Morgan fingerprint density at radius 1 is 0.393 bits per heavy atom. The molecule has 0 fully saturated rings. The summed E-state index contributed by atoms with van der Waals surface area (Å²) in [6.45, 7) is 23.1. The molecular formula is C82H74N12O9S4. The largest absolute Gasteiger partial charge is 0.495 e. The van der Waals surface area contributed by atoms with E-state index in [0.29, 0.717) is 72.1 Å². The zero-order valence-corrected chi connectivity index (χ0v) is 62.2. The normalized spacial score (nSPS) is 10.6. The van der Waals surface area contributed by atoms with E-state index in [0.717, 1.165) is 112 Å². The highest BCUT2D eigenvalue weighted by Gasteiger charge is 2.20. The third-order valence-electron chi connectivity index (χ3n) is 16.4. The van der Waals surface area contributed by atoms with E-state index in [2.05, 4.69) is 77.5 Å². The Morgan fingerprint density at radius 3 is 1.07 bits per heavy atom. The number of aryl methyl sites for hydroxylation is 4. The van der Waals surface area contributed by atoms with Crippen LogP contribution in [0.1, 0.15) is 81.7 Å². The number of hydrogen-bond donors (Lipinski definition) is 8. The summed E-state index contributed by atoms with van der Waals surface area (Å²) in [5.41, 5.74) is 15.9. The number of rotatable bonds is 26. The van der Waals surface area contributed by atoms with Gasteiger partial charge in [-0.05, 0) is 194 Å². The molecule has 8 heterocycles. The van der Waals surface area contributed by atoms with Gasteiger partial charge in [-0.2, -0.15) is 45.3 Å². The first-order valence-corrected chi connectivity index (χ1v) is 36.9. The Kier molecular flexibility index (Phi) is 26.4. The van der Waals surface area contributed by atoms with Crippen molar-refractivity contribution in [1.82, 2.24) is 39.9 Å². The maximum atomic E-state index is 11.2. The predicted octanol–water partition coefficient (Wildman–Crippen LogP) is 19.8. The van der Waals surface area contributed by atoms with Crippen LogP contribution in [0.4, 0.5) is 46.0 Å². The Labute approximate surface area is 633 Å². The molecule has 0 saturated heterocycles. The number of aromatic nitrogens is 8. The zero-order valence-electron chi connectivity index (χ0n) is 59.0. The molecule has 0 bridgehead atoms. The van der Waals surface area contributed by atoms with Crippen LogP contribution in [0.5, 0.6) is 5.75 Å². The van der Waals surface area contributed by atoms with Gasteiger partial charge in [-0.15, -0.1) is 26.3 Å². The Hall–Kier alpha value is -12.7. The lowest BCUT2D eigenvalue weighted by Gasteiger charge is -2.16. The SMILES string of the molecule is C=CCc1c(C)nc(-c2ccsc2)nc1Nc1ccc(C(=O)O)cc1.C=CCc1c(C)nc(-c2ccsc2)nc1Nc1ccc(C(=O)O)cc1OC.C=CCc1c(C)nc(-c2ccsc2)nc1Nc1ccc(CC(=O)O)cc1.C=CCc1c(C)nc(-c2ccsc2)nc1Nc1ccc2cc(C(=O)O)ccc2c1. The summed E-state index contributed by atoms with van der Waals surface area (Å²) in [7, 11) is 1.50. The van der Waals surface area contributed by atoms with Crippen molar-refractivity contribution in [2.75, 3.05) is 28.4 Å². The van der Waals surface area contributed by atoms with Crippen LogP contribution in [-0.2, 0) is 36.9 Å². The second-order valence-electron chi connectivity index (χ2n) is 23.8. The minimum Gasteiger partial charge on any atom is -0.495 e. The second kappa shape index (κ2) is 36.6. The molecule has 0 aliphatic carbocycles. The molecule has 25 heteroatoms. The first kappa shape index (κ1) is 76.9. The fourth-order valence-electron chi connectivity index (χ4n) is 10.9. The van der Waals surface area contributed by atoms with E-state index in [4.69, 9.17) is 24.9 Å². The molecule has 13 rings (SSSR count). The number of aromatic carboxylic acids is 3. The number of fused-ring (bicyclic) bond motifs is 1. The summed E-state index contributed by atoms with van der Waals surface area (Å²) < 4.78 is 5.35. The van der Waals surface area contributed by atoms with Crippen molar-refractivity contribution in [2.45, 2.75) is 59.8 Å². The number of nitrogens with zero attached hydrogens (tertiary/aromatic N) is 8. The number of carboxylic acids is 4. The average Bonchev–Trinajstić information content (AvgIpc) is 1.67. The average molecular weight is 1500 g/mol. The van der Waals surface area contributed by atoms with E-state index >= 15 is 0 Å². The van der Waals surface area contributed by atoms with Gasteiger partial charge in [0.05, 0.1) is 35.9 Å². The molecule has 0 saturated carbocycles. The van der Waals surface area contributed by atoms with Crippen LogP contribution in [0.15, 0.2) is 221 Å². The number of anilines is 8. The number of benzene rings is 5. The van der Waals surface area contributed by atoms with Crippen molar-refractivity contribution in [3.05, 3.63) is 288 Å². The molecule has 8 aromatic heterocycles. The lowest BCUT2D eigenvalue weighted by Crippen LogP contribution is -2.06. The Balaban J connectivity index is 0.000000153. The predicted molar refractivity (Wildman–Crippen MR) is 431 cm³/mol. The molecule has 0 aliphatic heterocycles. The minimum atomic E-state index is -1.01. The van der Waals surface area contributed by atoms with Crippen LogP contribution in [0.2, 0.25) is 0 Å². The monoisotopic (exact) mass is 1500 g/mol. The molecule has 107 heavy (non-hydrogen) atoms. The first-order valence-electron chi connectivity index (χ1n) is 33.2. The highest BCUT2D eigenvalue weighted by molar-refractivity contribution is 7.09. The molecule has 0 spiro atoms. The van der Waals surface area contributed by atoms with E-state index in [9.17, 15) is 29.4 Å². The summed E-state index contributed by atoms with van der Waals surface area (Å²) in [6, 6.07) is 37.4. The summed E-state index contributed by atoms with van der Waals surface area (Å²) in [4.78, 5) is 81.5. The molecule has 0 unspecified atom stereocenters. The highest BCUT2D eigenvalue weighted by Crippen LogP contribution is 2.35. The zero-order chi connectivity index (χ0) is 76.1. The van der Waals surface area contributed by atoms with Gasteiger partial charge in [0.15, 0.2) is 23.3 Å². The molecule has 0 atom stereocenters. The van der Waals surface area contributed by atoms with E-state index in [1.807, 2.05) is 150 Å². The van der Waals surface area contributed by atoms with Crippen LogP contribution in [-0.4, -0.2) is 91.3 Å². The van der Waals surface area contributed by atoms with Crippen molar-refractivity contribution in [3.8, 4) is 51.3 Å². The molecular weight excluding hydrogens is 1430 g/mol. The molecule has 0 aliphatic rings. The second-order valence-corrected chi connectivity index (χ2v) is 26.9. The summed E-state index contributed by atoms with van der Waals surface area (Å²) in [5.74, 6) is 2.20. The Morgan fingerprint density at radius 2 is 0.720 bits per heavy atom. The molecule has 0 radical (unpaired) electrons. The van der Waals surface area contributed by atoms with Crippen LogP contribution in [0.25, 0.3) is 56.3 Å². The number of allylic oxidation sites excluding steroid dienone is 4. The van der Waals surface area contributed by atoms with E-state index in [1.54, 1.807) is 106 Å². The van der Waals surface area contributed by atoms with Gasteiger partial charge in [0, 0.05) is 106 Å². The number of thiophene rings is 4. The number of aliphatic carboxylic acids is 1. The smallest absolute Gasteiger partial charge is 0.335 e. The number of methoxy groups -OCH3 is 1. The van der Waals surface area contributed by atoms with Crippen LogP contribution >= 0.6 is 45.3 Å². The van der Waals surface area contributed by atoms with Crippen LogP contribution < -0.4 is 26.0 Å². The number of carboxylic acid groups (broad SMARTS) is 4. The third-order valence-corrected chi connectivity index (χ3v) is 19.1. The van der Waals surface area contributed by atoms with Gasteiger partial charge < -0.3 is 46.4 Å². The molecule has 0 amide bonds. The first-order chi connectivity index (χ1) is 51.7. The number of ether oxygens (including phenoxy) is 1. The van der Waals surface area contributed by atoms with Crippen molar-refractivity contribution in [3.63, 3.8) is 0 Å². The van der Waals surface area contributed by atoms with Crippen molar-refractivity contribution < 1.29 is 44.3 Å². The van der Waals surface area contributed by atoms with Gasteiger partial charge in [0.2, 0.25) is 0 Å². The molecule has 5 aromatic carbocycles. The van der Waals surface area contributed by atoms with Crippen LogP contribution in [0, 0.1) is 27.7 Å². The van der Waals surface area contributed by atoms with Gasteiger partial charge in [-0.25, -0.2) is 54.3 Å². The molecule has 21 nitrogen and oxygen atoms in total. The van der Waals surface area contributed by atoms with Gasteiger partial charge in [-0.1, -0.05) is 48.6 Å². The van der Waals surface area contributed by atoms with Crippen molar-refractivity contribution in [1.29, 1.82) is 0 Å². The van der Waals surface area contributed by atoms with Gasteiger partial charge in [-0.3, -0.25) is 4.79 Å². The summed E-state index contributed by atoms with van der Waals surface area (Å²) in [5, 5.41) is 67.4. The number of nitrogens with one attached hydrogen (secondary N) is 4. The minimum absolute atomic E-state index is 0.0108. The van der Waals surface area contributed by atoms with E-state index in [1.165, 1.54) is 19.2 Å². The molecule has 13 aromatic rings. The van der Waals surface area contributed by atoms with Crippen LogP contribution in [0.3, 0.4) is 0 Å². The fraction of sp³-hybridized carbons (Fsp3) is 0.122. The lowest BCUT2D eigenvalue weighted by molar-refractivity contribution is -0.136. The third kappa shape index (κ3) is 20.2. The van der Waals surface area contributed by atoms with Gasteiger partial charge >= 0.3 is 23.9 Å². The maximum Gasteiger partial charge on any atom is 0.335 e. The highest BCUT2D eigenvalue weighted by atomic mass is 32.1. The Bertz CT molecular complexity index is 5340. The summed E-state index contributed by atoms with van der Waals surface area (Å²) in [6.07, 6.45) is 9.87. The molecule has 8 N–H and O–H groups in total. The standard InChI is InChI=1S/C23H19N3O2S.C20H19N3O3S.C20H19N3O2S.C19H17N3O2S/c1-3-4-20-14(2)24-21(18-9-10-29-13-18)26-22(20)25-19-8-7-15-11-17(23(27)28)6-5-16(15)12-19;1-4-5-15-12(2)21-18(14-8-9-27-11-14)23-19(15)22-16-7-6-13(20(24)25)10-17(16)26-3;1-3-4-17-13(2)21-19(15-9-10-26-12-15)23-20(17)22-16-7-5-14(6-8-16)11-18(24)25;1-3-4-16-12(2)20-17(14-9-10-25-11-14)22-18(16)21-15-7-5-13(6-8-15)19(23)24/h3,5-13H,1,4H2,2H3,(H,27,28)(H,24,25,26);4,6-11H,1,5H2,2-3H3,(H,24,25)(H,21,22,23);3,5-10,12H,1,4,11H2,2H3,(H,24,25)(H,21,22,23);3,5-11H,1,4H2,2H3,(H,23,24)(H,20,21,22). The van der Waals surface area contributed by atoms with E-state index in [-0.39, 0.29) is 23.1 Å². The maximum absolute atomic E-state index is 11.2. The molecule has 540 valence electrons. The van der Waals surface area contributed by atoms with Crippen molar-refractivity contribution >= 4 is 126 Å². The summed E-state index contributed by atoms with van der Waals surface area (Å²) >= 11 is 6.40. The van der Waals surface area contributed by atoms with Gasteiger partial charge in [0.25, 0.3) is 0 Å². The van der Waals surface area contributed by atoms with Crippen molar-refractivity contribution in [2.24, 2.45) is 0 Å². The van der Waals surface area contributed by atoms with E-state index < -0.39 is 23.9 Å². The number of hydrogen-bond acceptors (Lipinski definition) is 21.